The van der Waals surface area contributed by atoms with E-state index in [1.165, 1.54) is 5.56 Å². The van der Waals surface area contributed by atoms with E-state index in [2.05, 4.69) is 13.0 Å². The van der Waals surface area contributed by atoms with Crippen molar-refractivity contribution in [2.75, 3.05) is 0 Å². The number of carbonyl (C=O) groups excluding carboxylic acids is 1. The Hall–Kier alpha value is -1.64. The van der Waals surface area contributed by atoms with Crippen molar-refractivity contribution in [3.05, 3.63) is 34.9 Å². The van der Waals surface area contributed by atoms with Crippen molar-refractivity contribution in [1.29, 1.82) is 0 Å². The first-order valence-corrected chi connectivity index (χ1v) is 6.42. The molecule has 2 atom stereocenters. The monoisotopic (exact) mass is 244 g/mol. The van der Waals surface area contributed by atoms with Gasteiger partial charge >= 0.3 is 5.97 Å². The Balaban J connectivity index is 2.23. The summed E-state index contributed by atoms with van der Waals surface area (Å²) in [6, 6.07) is 5.74. The lowest BCUT2D eigenvalue weighted by atomic mass is 9.60. The summed E-state index contributed by atoms with van der Waals surface area (Å²) in [5.41, 5.74) is 2.87. The van der Waals surface area contributed by atoms with Crippen LogP contribution in [0.25, 0.3) is 0 Å². The molecule has 2 unspecified atom stereocenters. The van der Waals surface area contributed by atoms with Crippen molar-refractivity contribution in [2.24, 2.45) is 5.92 Å². The van der Waals surface area contributed by atoms with Gasteiger partial charge in [0.05, 0.1) is 0 Å². The quantitative estimate of drug-likeness (QED) is 0.772. The third kappa shape index (κ3) is 1.43. The molecule has 0 amide bonds. The van der Waals surface area contributed by atoms with Crippen LogP contribution < -0.4 is 0 Å². The molecule has 0 fully saturated rings. The van der Waals surface area contributed by atoms with Crippen LogP contribution in [0.3, 0.4) is 0 Å². The van der Waals surface area contributed by atoms with Gasteiger partial charge in [-0.05, 0) is 42.2 Å². The van der Waals surface area contributed by atoms with Gasteiger partial charge in [0.1, 0.15) is 5.92 Å². The Kier molecular flexibility index (Phi) is 2.34. The minimum atomic E-state index is -0.983. The van der Waals surface area contributed by atoms with Crippen LogP contribution in [0, 0.1) is 5.92 Å². The Morgan fingerprint density at radius 2 is 2.22 bits per heavy atom. The predicted molar refractivity (Wildman–Crippen MR) is 66.8 cm³/mol. The molecule has 0 aliphatic heterocycles. The standard InChI is InChI=1S/C15H16O3/c1-15-7-3-5-9-4-2-6-10(12(9)15)13(16)11(8-15)14(17)18/h2,4,6,11H,3,5,7-8H2,1H3,(H,17,18). The van der Waals surface area contributed by atoms with Gasteiger partial charge in [0.2, 0.25) is 0 Å². The molecule has 1 aromatic rings. The van der Waals surface area contributed by atoms with Crippen molar-refractivity contribution >= 4 is 11.8 Å². The molecule has 0 spiro atoms. The van der Waals surface area contributed by atoms with E-state index in [0.717, 1.165) is 24.8 Å². The Morgan fingerprint density at radius 3 is 2.94 bits per heavy atom. The predicted octanol–water partition coefficient (Wildman–Crippen LogP) is 2.57. The first-order valence-electron chi connectivity index (χ1n) is 6.42. The fourth-order valence-corrected chi connectivity index (χ4v) is 3.66. The molecule has 0 heterocycles. The number of hydrogen-bond acceptors (Lipinski definition) is 2. The van der Waals surface area contributed by atoms with E-state index in [1.54, 1.807) is 6.07 Å². The second kappa shape index (κ2) is 3.67. The van der Waals surface area contributed by atoms with E-state index >= 15 is 0 Å². The molecule has 0 aromatic heterocycles. The number of carboxylic acids is 1. The second-order valence-corrected chi connectivity index (χ2v) is 5.71. The molecule has 3 rings (SSSR count). The maximum Gasteiger partial charge on any atom is 0.314 e. The molecular formula is C15H16O3. The molecule has 18 heavy (non-hydrogen) atoms. The van der Waals surface area contributed by atoms with E-state index in [4.69, 9.17) is 0 Å². The maximum absolute atomic E-state index is 12.3. The van der Waals surface area contributed by atoms with Crippen LogP contribution in [0.15, 0.2) is 18.2 Å². The van der Waals surface area contributed by atoms with Crippen LogP contribution in [-0.2, 0) is 16.6 Å². The van der Waals surface area contributed by atoms with Gasteiger partial charge in [0, 0.05) is 5.56 Å². The molecule has 94 valence electrons. The molecule has 2 aliphatic carbocycles. The van der Waals surface area contributed by atoms with Crippen molar-refractivity contribution in [3.63, 3.8) is 0 Å². The molecule has 3 nitrogen and oxygen atoms in total. The van der Waals surface area contributed by atoms with E-state index in [9.17, 15) is 14.7 Å². The topological polar surface area (TPSA) is 54.4 Å². The van der Waals surface area contributed by atoms with E-state index in [1.807, 2.05) is 6.07 Å². The lowest BCUT2D eigenvalue weighted by Crippen LogP contribution is -2.42. The molecule has 1 aromatic carbocycles. The summed E-state index contributed by atoms with van der Waals surface area (Å²) in [5.74, 6) is -2.06. The number of carbonyl (C=O) groups is 2. The van der Waals surface area contributed by atoms with Gasteiger partial charge in [-0.15, -0.1) is 0 Å². The van der Waals surface area contributed by atoms with Gasteiger partial charge in [-0.1, -0.05) is 25.1 Å². The van der Waals surface area contributed by atoms with Crippen LogP contribution in [0.4, 0.5) is 0 Å². The van der Waals surface area contributed by atoms with Crippen molar-refractivity contribution in [2.45, 2.75) is 38.0 Å². The molecule has 0 saturated heterocycles. The first-order chi connectivity index (χ1) is 8.53. The lowest BCUT2D eigenvalue weighted by molar-refractivity contribution is -0.140. The van der Waals surface area contributed by atoms with E-state index in [0.29, 0.717) is 12.0 Å². The third-order valence-electron chi connectivity index (χ3n) is 4.46. The molecular weight excluding hydrogens is 228 g/mol. The highest BCUT2D eigenvalue weighted by atomic mass is 16.4. The summed E-state index contributed by atoms with van der Waals surface area (Å²) in [4.78, 5) is 23.5. The van der Waals surface area contributed by atoms with Crippen LogP contribution in [0.1, 0.15) is 47.7 Å². The van der Waals surface area contributed by atoms with Gasteiger partial charge in [0.15, 0.2) is 5.78 Å². The molecule has 1 N–H and O–H groups in total. The van der Waals surface area contributed by atoms with Crippen LogP contribution in [0.2, 0.25) is 0 Å². The lowest BCUT2D eigenvalue weighted by Gasteiger charge is -2.42. The Morgan fingerprint density at radius 1 is 1.44 bits per heavy atom. The summed E-state index contributed by atoms with van der Waals surface area (Å²) in [6.07, 6.45) is 3.51. The minimum Gasteiger partial charge on any atom is -0.481 e. The maximum atomic E-state index is 12.3. The highest BCUT2D eigenvalue weighted by Gasteiger charge is 2.46. The summed E-state index contributed by atoms with van der Waals surface area (Å²) in [6.45, 7) is 2.11. The highest BCUT2D eigenvalue weighted by molar-refractivity contribution is 6.10. The average Bonchev–Trinajstić information content (AvgIpc) is 2.34. The zero-order valence-corrected chi connectivity index (χ0v) is 10.4. The van der Waals surface area contributed by atoms with Crippen LogP contribution in [0.5, 0.6) is 0 Å². The van der Waals surface area contributed by atoms with E-state index in [-0.39, 0.29) is 11.2 Å². The Labute approximate surface area is 106 Å². The summed E-state index contributed by atoms with van der Waals surface area (Å²) in [5, 5.41) is 9.23. The van der Waals surface area contributed by atoms with Crippen LogP contribution >= 0.6 is 0 Å². The number of carboxylic acid groups (broad SMARTS) is 1. The highest BCUT2D eigenvalue weighted by Crippen LogP contribution is 2.47. The second-order valence-electron chi connectivity index (χ2n) is 5.71. The zero-order valence-electron chi connectivity index (χ0n) is 10.4. The van der Waals surface area contributed by atoms with Gasteiger partial charge in [0.25, 0.3) is 0 Å². The fraction of sp³-hybridized carbons (Fsp3) is 0.467. The number of aryl methyl sites for hydroxylation is 1. The molecule has 0 radical (unpaired) electrons. The minimum absolute atomic E-state index is 0.138. The Bertz CT molecular complexity index is 547. The molecule has 3 heteroatoms. The summed E-state index contributed by atoms with van der Waals surface area (Å²) < 4.78 is 0. The van der Waals surface area contributed by atoms with Gasteiger partial charge in [-0.25, -0.2) is 0 Å². The molecule has 2 aliphatic rings. The van der Waals surface area contributed by atoms with Gasteiger partial charge in [-0.2, -0.15) is 0 Å². The normalized spacial score (nSPS) is 29.8. The smallest absolute Gasteiger partial charge is 0.314 e. The fourth-order valence-electron chi connectivity index (χ4n) is 3.66. The third-order valence-corrected chi connectivity index (χ3v) is 4.46. The SMILES string of the molecule is CC12CCCc3cccc(c31)C(=O)C(C(=O)O)C2. The molecule has 0 saturated carbocycles. The number of rotatable bonds is 1. The number of aliphatic carboxylic acids is 1. The van der Waals surface area contributed by atoms with Gasteiger partial charge < -0.3 is 5.11 Å². The van der Waals surface area contributed by atoms with Crippen molar-refractivity contribution < 1.29 is 14.7 Å². The summed E-state index contributed by atoms with van der Waals surface area (Å²) >= 11 is 0. The van der Waals surface area contributed by atoms with Crippen molar-refractivity contribution in [1.82, 2.24) is 0 Å². The van der Waals surface area contributed by atoms with E-state index < -0.39 is 11.9 Å². The zero-order chi connectivity index (χ0) is 12.9. The van der Waals surface area contributed by atoms with Crippen LogP contribution in [-0.4, -0.2) is 16.9 Å². The number of Topliss-reactive ketones (excluding diaryl/α,β-unsaturated/α-hetero) is 1. The van der Waals surface area contributed by atoms with Gasteiger partial charge in [-0.3, -0.25) is 9.59 Å². The first kappa shape index (κ1) is 11.5. The molecule has 0 bridgehead atoms. The summed E-state index contributed by atoms with van der Waals surface area (Å²) in [7, 11) is 0. The number of ketones is 1. The number of hydrogen-bond donors (Lipinski definition) is 1. The largest absolute Gasteiger partial charge is 0.481 e. The average molecular weight is 244 g/mol. The van der Waals surface area contributed by atoms with Crippen molar-refractivity contribution in [3.8, 4) is 0 Å². The number of benzene rings is 1.